The number of hydrogen-bond donors (Lipinski definition) is 1. The number of aryl methyl sites for hydroxylation is 1. The molecule has 3 amide bonds. The minimum absolute atomic E-state index is 0.0124. The largest absolute Gasteiger partial charge is 0.333 e. The fourth-order valence-corrected chi connectivity index (χ4v) is 3.72. The molecule has 0 aliphatic carbocycles. The monoisotopic (exact) mass is 361 g/mol. The molecule has 1 atom stereocenters. The number of urea groups is 1. The van der Waals surface area contributed by atoms with Gasteiger partial charge in [-0.15, -0.1) is 0 Å². The second kappa shape index (κ2) is 6.91. The molecular weight excluding hydrogens is 338 g/mol. The summed E-state index contributed by atoms with van der Waals surface area (Å²) in [5.41, 5.74) is 4.78. The Morgan fingerprint density at radius 1 is 1.04 bits per heavy atom. The lowest BCUT2D eigenvalue weighted by Crippen LogP contribution is -2.45. The maximum absolute atomic E-state index is 13.2. The summed E-state index contributed by atoms with van der Waals surface area (Å²) >= 11 is 0. The lowest BCUT2D eigenvalue weighted by Gasteiger charge is -2.31. The molecule has 0 spiro atoms. The second-order valence-corrected chi connectivity index (χ2v) is 7.17. The summed E-state index contributed by atoms with van der Waals surface area (Å²) in [6.07, 6.45) is 0.799. The molecule has 2 aromatic rings. The number of likely N-dealkylation sites (N-methyl/N-ethyl adjacent to an activating group) is 1. The summed E-state index contributed by atoms with van der Waals surface area (Å²) in [7, 11) is 1.73. The van der Waals surface area contributed by atoms with Crippen molar-refractivity contribution >= 4 is 11.9 Å². The number of carbonyl (C=O) groups is 2. The lowest BCUT2D eigenvalue weighted by atomic mass is 9.95. The Morgan fingerprint density at radius 2 is 1.74 bits per heavy atom. The molecule has 0 radical (unpaired) electrons. The minimum Gasteiger partial charge on any atom is -0.333 e. The summed E-state index contributed by atoms with van der Waals surface area (Å²) < 4.78 is 0. The van der Waals surface area contributed by atoms with Crippen LogP contribution in [-0.4, -0.2) is 41.9 Å². The Bertz CT molecular complexity index is 903. The summed E-state index contributed by atoms with van der Waals surface area (Å²) in [5.74, 6) is 0.0124. The lowest BCUT2D eigenvalue weighted by molar-refractivity contribution is -0.125. The van der Waals surface area contributed by atoms with E-state index in [0.29, 0.717) is 18.7 Å². The number of hydrogen-bond acceptors (Lipinski definition) is 2. The molecular formula is C22H23N3O2. The molecule has 5 heteroatoms. The van der Waals surface area contributed by atoms with E-state index in [4.69, 9.17) is 0 Å². The highest BCUT2D eigenvalue weighted by atomic mass is 16.2. The van der Waals surface area contributed by atoms with Crippen LogP contribution in [0.5, 0.6) is 0 Å². The third-order valence-electron chi connectivity index (χ3n) is 5.36. The summed E-state index contributed by atoms with van der Waals surface area (Å²) in [6.45, 7) is 3.14. The fraction of sp³-hybridized carbons (Fsp3) is 0.273. The van der Waals surface area contributed by atoms with Gasteiger partial charge in [-0.25, -0.2) is 4.79 Å². The van der Waals surface area contributed by atoms with E-state index < -0.39 is 6.04 Å². The first-order valence-corrected chi connectivity index (χ1v) is 9.21. The zero-order valence-electron chi connectivity index (χ0n) is 15.6. The van der Waals surface area contributed by atoms with Gasteiger partial charge in [0, 0.05) is 13.6 Å². The van der Waals surface area contributed by atoms with Crippen LogP contribution in [0.1, 0.15) is 22.7 Å². The van der Waals surface area contributed by atoms with E-state index in [1.165, 1.54) is 5.56 Å². The van der Waals surface area contributed by atoms with Crippen LogP contribution in [-0.2, 0) is 11.2 Å². The molecule has 2 aromatic carbocycles. The number of nitrogens with zero attached hydrogens (tertiary/aromatic N) is 2. The highest BCUT2D eigenvalue weighted by molar-refractivity contribution is 6.01. The molecule has 1 N–H and O–H groups in total. The van der Waals surface area contributed by atoms with Gasteiger partial charge in [0.1, 0.15) is 0 Å². The van der Waals surface area contributed by atoms with Crippen molar-refractivity contribution in [2.45, 2.75) is 19.4 Å². The SMILES string of the molecule is Cc1ccc([C@@H]2NC(=O)N(C)C3=C2C(=O)N(CCc2ccccc2)C3)cc1. The molecule has 2 heterocycles. The molecule has 0 fully saturated rings. The molecule has 2 aliphatic rings. The highest BCUT2D eigenvalue weighted by Crippen LogP contribution is 2.35. The Labute approximate surface area is 159 Å². The van der Waals surface area contributed by atoms with Crippen molar-refractivity contribution in [2.75, 3.05) is 20.1 Å². The Kier molecular flexibility index (Phi) is 4.44. The molecule has 0 saturated carbocycles. The van der Waals surface area contributed by atoms with E-state index >= 15 is 0 Å². The van der Waals surface area contributed by atoms with Gasteiger partial charge in [-0.05, 0) is 24.5 Å². The Morgan fingerprint density at radius 3 is 2.44 bits per heavy atom. The molecule has 0 aromatic heterocycles. The van der Waals surface area contributed by atoms with Crippen molar-refractivity contribution in [3.8, 4) is 0 Å². The van der Waals surface area contributed by atoms with Crippen molar-refractivity contribution in [1.29, 1.82) is 0 Å². The Balaban J connectivity index is 1.59. The first kappa shape index (κ1) is 17.3. The van der Waals surface area contributed by atoms with Gasteiger partial charge in [0.05, 0.1) is 23.9 Å². The van der Waals surface area contributed by atoms with Gasteiger partial charge in [0.25, 0.3) is 5.91 Å². The van der Waals surface area contributed by atoms with Gasteiger partial charge in [0.2, 0.25) is 0 Å². The molecule has 2 aliphatic heterocycles. The van der Waals surface area contributed by atoms with Crippen LogP contribution < -0.4 is 5.32 Å². The van der Waals surface area contributed by atoms with Crippen molar-refractivity contribution in [1.82, 2.24) is 15.1 Å². The van der Waals surface area contributed by atoms with Gasteiger partial charge >= 0.3 is 6.03 Å². The van der Waals surface area contributed by atoms with Crippen molar-refractivity contribution in [3.63, 3.8) is 0 Å². The smallest absolute Gasteiger partial charge is 0.322 e. The third-order valence-corrected chi connectivity index (χ3v) is 5.36. The molecule has 138 valence electrons. The van der Waals surface area contributed by atoms with Crippen LogP contribution in [0.4, 0.5) is 4.79 Å². The minimum atomic E-state index is -0.390. The molecule has 5 nitrogen and oxygen atoms in total. The maximum atomic E-state index is 13.2. The predicted octanol–water partition coefficient (Wildman–Crippen LogP) is 3.03. The standard InChI is InChI=1S/C22H23N3O2/c1-15-8-10-17(11-9-15)20-19-18(24(2)22(27)23-20)14-25(21(19)26)13-12-16-6-4-3-5-7-16/h3-11,20H,12-14H2,1-2H3,(H,23,27)/t20-/m0/s1. The number of rotatable bonds is 4. The average molecular weight is 361 g/mol. The van der Waals surface area contributed by atoms with E-state index in [1.54, 1.807) is 11.9 Å². The fourth-order valence-electron chi connectivity index (χ4n) is 3.72. The van der Waals surface area contributed by atoms with E-state index in [1.807, 2.05) is 54.3 Å². The van der Waals surface area contributed by atoms with Crippen LogP contribution in [0, 0.1) is 6.92 Å². The van der Waals surface area contributed by atoms with Gasteiger partial charge in [-0.3, -0.25) is 9.69 Å². The van der Waals surface area contributed by atoms with Crippen molar-refractivity contribution < 1.29 is 9.59 Å². The first-order chi connectivity index (χ1) is 13.0. The normalized spacial score (nSPS) is 19.4. The number of carbonyl (C=O) groups excluding carboxylic acids is 2. The summed E-state index contributed by atoms with van der Waals surface area (Å²) in [5, 5.41) is 2.98. The van der Waals surface area contributed by atoms with Crippen LogP contribution in [0.15, 0.2) is 65.9 Å². The number of nitrogens with one attached hydrogen (secondary N) is 1. The zero-order chi connectivity index (χ0) is 19.0. The van der Waals surface area contributed by atoms with E-state index in [-0.39, 0.29) is 11.9 Å². The van der Waals surface area contributed by atoms with Crippen LogP contribution in [0.3, 0.4) is 0 Å². The topological polar surface area (TPSA) is 52.7 Å². The van der Waals surface area contributed by atoms with Crippen molar-refractivity contribution in [3.05, 3.63) is 82.6 Å². The van der Waals surface area contributed by atoms with E-state index in [2.05, 4.69) is 17.4 Å². The summed E-state index contributed by atoms with van der Waals surface area (Å²) in [6, 6.07) is 17.6. The van der Waals surface area contributed by atoms with E-state index in [0.717, 1.165) is 23.2 Å². The molecule has 27 heavy (non-hydrogen) atoms. The average Bonchev–Trinajstić information content (AvgIpc) is 3.01. The molecule has 0 unspecified atom stereocenters. The highest BCUT2D eigenvalue weighted by Gasteiger charge is 2.42. The second-order valence-electron chi connectivity index (χ2n) is 7.17. The molecule has 4 rings (SSSR count). The maximum Gasteiger partial charge on any atom is 0.322 e. The molecule has 0 saturated heterocycles. The van der Waals surface area contributed by atoms with Gasteiger partial charge in [-0.2, -0.15) is 0 Å². The third kappa shape index (κ3) is 3.21. The quantitative estimate of drug-likeness (QED) is 0.910. The first-order valence-electron chi connectivity index (χ1n) is 9.21. The van der Waals surface area contributed by atoms with Crippen LogP contribution in [0.2, 0.25) is 0 Å². The summed E-state index contributed by atoms with van der Waals surface area (Å²) in [4.78, 5) is 29.0. The number of benzene rings is 2. The van der Waals surface area contributed by atoms with Crippen LogP contribution in [0.25, 0.3) is 0 Å². The van der Waals surface area contributed by atoms with Crippen LogP contribution >= 0.6 is 0 Å². The predicted molar refractivity (Wildman–Crippen MR) is 104 cm³/mol. The van der Waals surface area contributed by atoms with Gasteiger partial charge in [0.15, 0.2) is 0 Å². The Hall–Kier alpha value is -3.08. The van der Waals surface area contributed by atoms with Gasteiger partial charge < -0.3 is 10.2 Å². The molecule has 0 bridgehead atoms. The van der Waals surface area contributed by atoms with E-state index in [9.17, 15) is 9.59 Å². The zero-order valence-corrected chi connectivity index (χ0v) is 15.6. The van der Waals surface area contributed by atoms with Gasteiger partial charge in [-0.1, -0.05) is 60.2 Å². The number of amides is 3. The van der Waals surface area contributed by atoms with Crippen molar-refractivity contribution in [2.24, 2.45) is 0 Å².